The van der Waals surface area contributed by atoms with E-state index >= 15 is 0 Å². The quantitative estimate of drug-likeness (QED) is 0.817. The molecule has 3 nitrogen and oxygen atoms in total. The van der Waals surface area contributed by atoms with E-state index in [9.17, 15) is 4.79 Å². The molecule has 0 radical (unpaired) electrons. The zero-order valence-corrected chi connectivity index (χ0v) is 10.5. The van der Waals surface area contributed by atoms with Crippen LogP contribution in [0.25, 0.3) is 0 Å². The number of nitrogens with one attached hydrogen (secondary N) is 1. The highest BCUT2D eigenvalue weighted by molar-refractivity contribution is 7.80. The van der Waals surface area contributed by atoms with Crippen LogP contribution in [0.4, 0.5) is 0 Å². The minimum Gasteiger partial charge on any atom is -0.393 e. The summed E-state index contributed by atoms with van der Waals surface area (Å²) in [6.45, 7) is 2.31. The first kappa shape index (κ1) is 12.4. The Balaban J connectivity index is 2.47. The van der Waals surface area contributed by atoms with Crippen molar-refractivity contribution in [3.8, 4) is 0 Å². The molecule has 0 bridgehead atoms. The van der Waals surface area contributed by atoms with E-state index in [0.717, 1.165) is 0 Å². The highest BCUT2D eigenvalue weighted by Crippen LogP contribution is 2.21. The number of thiophene rings is 1. The van der Waals surface area contributed by atoms with E-state index in [1.807, 2.05) is 6.92 Å². The second-order valence-corrected chi connectivity index (χ2v) is 5.30. The van der Waals surface area contributed by atoms with Crippen molar-refractivity contribution in [2.24, 2.45) is 11.7 Å². The molecular formula is C9H11ClN2OS2. The maximum atomic E-state index is 11.5. The molecule has 1 unspecified atom stereocenters. The van der Waals surface area contributed by atoms with Gasteiger partial charge in [0.1, 0.15) is 0 Å². The van der Waals surface area contributed by atoms with E-state index in [1.165, 1.54) is 11.3 Å². The molecule has 1 atom stereocenters. The fourth-order valence-electron chi connectivity index (χ4n) is 0.870. The molecule has 0 saturated carbocycles. The average Bonchev–Trinajstić information content (AvgIpc) is 2.60. The van der Waals surface area contributed by atoms with Crippen molar-refractivity contribution in [1.29, 1.82) is 0 Å². The Kier molecular flexibility index (Phi) is 4.50. The Bertz CT molecular complexity index is 378. The summed E-state index contributed by atoms with van der Waals surface area (Å²) in [5, 5.41) is 2.74. The summed E-state index contributed by atoms with van der Waals surface area (Å²) < 4.78 is 0.600. The van der Waals surface area contributed by atoms with Gasteiger partial charge in [0.25, 0.3) is 5.91 Å². The first-order valence-corrected chi connectivity index (χ1v) is 5.94. The van der Waals surface area contributed by atoms with E-state index in [-0.39, 0.29) is 11.8 Å². The van der Waals surface area contributed by atoms with Crippen molar-refractivity contribution < 1.29 is 4.79 Å². The molecule has 0 aliphatic heterocycles. The molecule has 6 heteroatoms. The van der Waals surface area contributed by atoms with Crippen molar-refractivity contribution in [3.63, 3.8) is 0 Å². The van der Waals surface area contributed by atoms with Crippen LogP contribution in [0.3, 0.4) is 0 Å². The highest BCUT2D eigenvalue weighted by Gasteiger charge is 2.10. The number of halogens is 1. The molecule has 1 heterocycles. The smallest absolute Gasteiger partial charge is 0.261 e. The summed E-state index contributed by atoms with van der Waals surface area (Å²) in [5.41, 5.74) is 5.43. The molecule has 82 valence electrons. The minimum absolute atomic E-state index is 0.000570. The van der Waals surface area contributed by atoms with Crippen molar-refractivity contribution >= 4 is 46.1 Å². The van der Waals surface area contributed by atoms with Crippen molar-refractivity contribution in [3.05, 3.63) is 21.3 Å². The van der Waals surface area contributed by atoms with E-state index in [0.29, 0.717) is 20.7 Å². The third-order valence-corrected chi connectivity index (χ3v) is 3.48. The van der Waals surface area contributed by atoms with Gasteiger partial charge in [0.15, 0.2) is 0 Å². The largest absolute Gasteiger partial charge is 0.393 e. The number of thiocarbonyl (C=S) groups is 1. The maximum absolute atomic E-state index is 11.5. The van der Waals surface area contributed by atoms with Gasteiger partial charge in [-0.1, -0.05) is 30.7 Å². The number of hydrogen-bond donors (Lipinski definition) is 2. The third-order valence-electron chi connectivity index (χ3n) is 1.85. The molecule has 0 aliphatic rings. The molecule has 0 aromatic carbocycles. The number of hydrogen-bond acceptors (Lipinski definition) is 3. The van der Waals surface area contributed by atoms with Crippen LogP contribution in [-0.2, 0) is 0 Å². The van der Waals surface area contributed by atoms with Gasteiger partial charge in [-0.15, -0.1) is 11.3 Å². The predicted molar refractivity (Wildman–Crippen MR) is 67.6 cm³/mol. The van der Waals surface area contributed by atoms with Crippen LogP contribution < -0.4 is 11.1 Å². The molecule has 15 heavy (non-hydrogen) atoms. The van der Waals surface area contributed by atoms with Crippen LogP contribution in [0.2, 0.25) is 4.34 Å². The number of carbonyl (C=O) groups is 1. The summed E-state index contributed by atoms with van der Waals surface area (Å²) in [5.74, 6) is -0.144. The van der Waals surface area contributed by atoms with Gasteiger partial charge in [0.2, 0.25) is 0 Å². The molecule has 3 N–H and O–H groups in total. The topological polar surface area (TPSA) is 55.1 Å². The predicted octanol–water partition coefficient (Wildman–Crippen LogP) is 2.05. The van der Waals surface area contributed by atoms with Crippen LogP contribution in [-0.4, -0.2) is 17.4 Å². The van der Waals surface area contributed by atoms with Crippen molar-refractivity contribution in [1.82, 2.24) is 5.32 Å². The monoisotopic (exact) mass is 262 g/mol. The summed E-state index contributed by atoms with van der Waals surface area (Å²) in [4.78, 5) is 12.5. The summed E-state index contributed by atoms with van der Waals surface area (Å²) in [7, 11) is 0. The van der Waals surface area contributed by atoms with Gasteiger partial charge in [-0.2, -0.15) is 0 Å². The van der Waals surface area contributed by atoms with E-state index in [4.69, 9.17) is 29.6 Å². The Morgan fingerprint density at radius 1 is 1.73 bits per heavy atom. The van der Waals surface area contributed by atoms with Gasteiger partial charge in [-0.25, -0.2) is 0 Å². The van der Waals surface area contributed by atoms with Crippen LogP contribution >= 0.6 is 35.2 Å². The van der Waals surface area contributed by atoms with Crippen LogP contribution in [0, 0.1) is 5.92 Å². The van der Waals surface area contributed by atoms with Crippen molar-refractivity contribution in [2.45, 2.75) is 6.92 Å². The maximum Gasteiger partial charge on any atom is 0.261 e. The minimum atomic E-state index is -0.144. The van der Waals surface area contributed by atoms with Gasteiger partial charge in [-0.3, -0.25) is 4.79 Å². The van der Waals surface area contributed by atoms with Crippen LogP contribution in [0.5, 0.6) is 0 Å². The first-order chi connectivity index (χ1) is 7.00. The number of rotatable bonds is 4. The van der Waals surface area contributed by atoms with Gasteiger partial charge in [-0.05, 0) is 12.1 Å². The fraction of sp³-hybridized carbons (Fsp3) is 0.333. The molecule has 1 aromatic heterocycles. The lowest BCUT2D eigenvalue weighted by molar-refractivity contribution is 0.0955. The summed E-state index contributed by atoms with van der Waals surface area (Å²) in [6.07, 6.45) is 0. The molecular weight excluding hydrogens is 252 g/mol. The molecule has 1 rings (SSSR count). The number of amides is 1. The van der Waals surface area contributed by atoms with E-state index in [1.54, 1.807) is 12.1 Å². The summed E-state index contributed by atoms with van der Waals surface area (Å²) >= 11 is 11.8. The molecule has 0 saturated heterocycles. The van der Waals surface area contributed by atoms with E-state index in [2.05, 4.69) is 5.32 Å². The van der Waals surface area contributed by atoms with E-state index < -0.39 is 0 Å². The Labute approximate surface area is 103 Å². The SMILES string of the molecule is CC(CNC(=O)c1ccc(Cl)s1)C(N)=S. The molecule has 0 fully saturated rings. The zero-order valence-electron chi connectivity index (χ0n) is 8.12. The Morgan fingerprint density at radius 3 is 2.87 bits per heavy atom. The van der Waals surface area contributed by atoms with Gasteiger partial charge >= 0.3 is 0 Å². The van der Waals surface area contributed by atoms with Crippen LogP contribution in [0.1, 0.15) is 16.6 Å². The fourth-order valence-corrected chi connectivity index (χ4v) is 1.91. The second kappa shape index (κ2) is 5.44. The van der Waals surface area contributed by atoms with Gasteiger partial charge in [0, 0.05) is 12.5 Å². The Morgan fingerprint density at radius 2 is 2.40 bits per heavy atom. The Hall–Kier alpha value is -0.650. The average molecular weight is 263 g/mol. The van der Waals surface area contributed by atoms with Gasteiger partial charge < -0.3 is 11.1 Å². The molecule has 1 amide bonds. The molecule has 1 aromatic rings. The lowest BCUT2D eigenvalue weighted by Crippen LogP contribution is -2.33. The lowest BCUT2D eigenvalue weighted by Gasteiger charge is -2.09. The highest BCUT2D eigenvalue weighted by atomic mass is 35.5. The number of nitrogens with two attached hydrogens (primary N) is 1. The summed E-state index contributed by atoms with van der Waals surface area (Å²) in [6, 6.07) is 3.38. The normalized spacial score (nSPS) is 12.1. The third kappa shape index (κ3) is 3.77. The van der Waals surface area contributed by atoms with Crippen molar-refractivity contribution in [2.75, 3.05) is 6.54 Å². The lowest BCUT2D eigenvalue weighted by atomic mass is 10.2. The second-order valence-electron chi connectivity index (χ2n) is 3.12. The van der Waals surface area contributed by atoms with Gasteiger partial charge in [0.05, 0.1) is 14.2 Å². The molecule has 0 aliphatic carbocycles. The zero-order chi connectivity index (χ0) is 11.4. The molecule has 0 spiro atoms. The standard InChI is InChI=1S/C9H11ClN2OS2/c1-5(8(11)14)4-12-9(13)6-2-3-7(10)15-6/h2-3,5H,4H2,1H3,(H2,11,14)(H,12,13). The number of carbonyl (C=O) groups excluding carboxylic acids is 1. The van der Waals surface area contributed by atoms with Crippen LogP contribution in [0.15, 0.2) is 12.1 Å². The first-order valence-electron chi connectivity index (χ1n) is 4.33.